The van der Waals surface area contributed by atoms with Gasteiger partial charge >= 0.3 is 5.97 Å². The molecule has 2 amide bonds. The topological polar surface area (TPSA) is 97.4 Å². The summed E-state index contributed by atoms with van der Waals surface area (Å²) >= 11 is 1.58. The number of benzene rings is 2. The zero-order valence-corrected chi connectivity index (χ0v) is 20.1. The quantitative estimate of drug-likeness (QED) is 0.445. The number of pyridine rings is 1. The Hall–Kier alpha value is -3.65. The van der Waals surface area contributed by atoms with Gasteiger partial charge in [-0.1, -0.05) is 24.3 Å². The van der Waals surface area contributed by atoms with E-state index in [0.717, 1.165) is 11.1 Å². The zero-order chi connectivity index (χ0) is 24.5. The van der Waals surface area contributed by atoms with Gasteiger partial charge in [-0.3, -0.25) is 14.6 Å². The van der Waals surface area contributed by atoms with E-state index in [2.05, 4.69) is 15.6 Å². The van der Waals surface area contributed by atoms with E-state index in [0.29, 0.717) is 34.6 Å². The Labute approximate surface area is 203 Å². The van der Waals surface area contributed by atoms with Crippen LogP contribution in [0.15, 0.2) is 67.0 Å². The third kappa shape index (κ3) is 6.23. The highest BCUT2D eigenvalue weighted by molar-refractivity contribution is 7.98. The third-order valence-electron chi connectivity index (χ3n) is 5.28. The summed E-state index contributed by atoms with van der Waals surface area (Å²) in [4.78, 5) is 42.1. The number of aromatic nitrogens is 1. The van der Waals surface area contributed by atoms with Crippen molar-refractivity contribution in [3.63, 3.8) is 0 Å². The number of anilines is 1. The molecule has 2 aromatic carbocycles. The number of esters is 1. The van der Waals surface area contributed by atoms with Crippen molar-refractivity contribution in [1.29, 1.82) is 0 Å². The van der Waals surface area contributed by atoms with Crippen LogP contribution in [0.5, 0.6) is 0 Å². The lowest BCUT2D eigenvalue weighted by molar-refractivity contribution is -0.142. The second-order valence-corrected chi connectivity index (χ2v) is 8.59. The summed E-state index contributed by atoms with van der Waals surface area (Å²) < 4.78 is 4.87. The highest BCUT2D eigenvalue weighted by atomic mass is 32.2. The first-order chi connectivity index (χ1) is 16.4. The van der Waals surface area contributed by atoms with E-state index in [-0.39, 0.29) is 11.8 Å². The van der Waals surface area contributed by atoms with Crippen LogP contribution in [0.1, 0.15) is 32.7 Å². The van der Waals surface area contributed by atoms with Gasteiger partial charge in [-0.2, -0.15) is 11.8 Å². The lowest BCUT2D eigenvalue weighted by Gasteiger charge is -2.19. The molecule has 0 aliphatic heterocycles. The molecule has 0 spiro atoms. The Balaban J connectivity index is 1.96. The van der Waals surface area contributed by atoms with Gasteiger partial charge < -0.3 is 15.4 Å². The molecule has 0 aliphatic carbocycles. The van der Waals surface area contributed by atoms with Crippen molar-refractivity contribution in [1.82, 2.24) is 10.3 Å². The molecule has 34 heavy (non-hydrogen) atoms. The molecule has 2 N–H and O–H groups in total. The number of carbonyl (C=O) groups is 3. The molecule has 176 valence electrons. The normalized spacial score (nSPS) is 11.4. The molecule has 1 unspecified atom stereocenters. The first kappa shape index (κ1) is 25.0. The standard InChI is InChI=1S/C26H27N3O4S/c1-17-7-4-5-9-20(17)22-15-19(28-24(30)18-8-6-13-27-16-18)10-11-21(22)25(31)29-23(12-14-34-3)26(32)33-2/h4-11,13,15-16,23H,12,14H2,1-3H3,(H,28,30)(H,29,31). The van der Waals surface area contributed by atoms with Gasteiger partial charge in [0.15, 0.2) is 0 Å². The van der Waals surface area contributed by atoms with Crippen molar-refractivity contribution in [2.75, 3.05) is 24.4 Å². The van der Waals surface area contributed by atoms with Crippen LogP contribution < -0.4 is 10.6 Å². The number of rotatable bonds is 9. The molecule has 0 saturated heterocycles. The monoisotopic (exact) mass is 477 g/mol. The fraction of sp³-hybridized carbons (Fsp3) is 0.231. The predicted octanol–water partition coefficient (Wildman–Crippen LogP) is 4.33. The van der Waals surface area contributed by atoms with Crippen LogP contribution in [0.25, 0.3) is 11.1 Å². The Morgan fingerprint density at radius 1 is 1.03 bits per heavy atom. The molecule has 3 rings (SSSR count). The van der Waals surface area contributed by atoms with Crippen molar-refractivity contribution >= 4 is 35.2 Å². The lowest BCUT2D eigenvalue weighted by Crippen LogP contribution is -2.42. The number of carbonyl (C=O) groups excluding carboxylic acids is 3. The molecule has 1 atom stereocenters. The van der Waals surface area contributed by atoms with Crippen molar-refractivity contribution in [2.24, 2.45) is 0 Å². The van der Waals surface area contributed by atoms with Crippen LogP contribution in [-0.2, 0) is 9.53 Å². The first-order valence-corrected chi connectivity index (χ1v) is 12.1. The van der Waals surface area contributed by atoms with Gasteiger partial charge in [-0.15, -0.1) is 0 Å². The van der Waals surface area contributed by atoms with Crippen molar-refractivity contribution in [3.05, 3.63) is 83.7 Å². The number of ether oxygens (including phenoxy) is 1. The summed E-state index contributed by atoms with van der Waals surface area (Å²) in [5, 5.41) is 5.67. The minimum absolute atomic E-state index is 0.302. The number of methoxy groups -OCH3 is 1. The molecule has 1 heterocycles. The van der Waals surface area contributed by atoms with Gasteiger partial charge in [0, 0.05) is 23.6 Å². The summed E-state index contributed by atoms with van der Waals surface area (Å²) in [6.45, 7) is 1.95. The number of aryl methyl sites for hydroxylation is 1. The molecule has 8 heteroatoms. The molecule has 0 radical (unpaired) electrons. The highest BCUT2D eigenvalue weighted by Gasteiger charge is 2.24. The summed E-state index contributed by atoms with van der Waals surface area (Å²) in [5.41, 5.74) is 3.83. The molecule has 0 fully saturated rings. The maximum absolute atomic E-state index is 13.3. The van der Waals surface area contributed by atoms with Crippen LogP contribution in [0.3, 0.4) is 0 Å². The van der Waals surface area contributed by atoms with E-state index in [1.54, 1.807) is 48.3 Å². The fourth-order valence-electron chi connectivity index (χ4n) is 3.48. The van der Waals surface area contributed by atoms with Gasteiger partial charge in [-0.25, -0.2) is 4.79 Å². The number of hydrogen-bond acceptors (Lipinski definition) is 6. The highest BCUT2D eigenvalue weighted by Crippen LogP contribution is 2.30. The smallest absolute Gasteiger partial charge is 0.328 e. The van der Waals surface area contributed by atoms with Crippen LogP contribution in [0.4, 0.5) is 5.69 Å². The number of hydrogen-bond donors (Lipinski definition) is 2. The van der Waals surface area contributed by atoms with E-state index in [9.17, 15) is 14.4 Å². The van der Waals surface area contributed by atoms with E-state index in [1.807, 2.05) is 37.4 Å². The summed E-state index contributed by atoms with van der Waals surface area (Å²) in [7, 11) is 1.30. The number of amides is 2. The molecule has 3 aromatic rings. The van der Waals surface area contributed by atoms with Gasteiger partial charge in [0.25, 0.3) is 11.8 Å². The zero-order valence-electron chi connectivity index (χ0n) is 19.3. The minimum Gasteiger partial charge on any atom is -0.467 e. The molecular weight excluding hydrogens is 450 g/mol. The molecule has 1 aromatic heterocycles. The van der Waals surface area contributed by atoms with Crippen molar-refractivity contribution < 1.29 is 19.1 Å². The summed E-state index contributed by atoms with van der Waals surface area (Å²) in [5.74, 6) is -0.478. The van der Waals surface area contributed by atoms with E-state index in [1.165, 1.54) is 13.3 Å². The lowest BCUT2D eigenvalue weighted by atomic mass is 9.94. The largest absolute Gasteiger partial charge is 0.467 e. The average molecular weight is 478 g/mol. The van der Waals surface area contributed by atoms with Crippen LogP contribution in [0.2, 0.25) is 0 Å². The molecule has 7 nitrogen and oxygen atoms in total. The summed E-state index contributed by atoms with van der Waals surface area (Å²) in [6, 6.07) is 15.4. The molecule has 0 saturated carbocycles. The minimum atomic E-state index is -0.750. The SMILES string of the molecule is COC(=O)C(CCSC)NC(=O)c1ccc(NC(=O)c2cccnc2)cc1-c1ccccc1C. The van der Waals surface area contributed by atoms with E-state index >= 15 is 0 Å². The van der Waals surface area contributed by atoms with Crippen molar-refractivity contribution in [2.45, 2.75) is 19.4 Å². The van der Waals surface area contributed by atoms with E-state index in [4.69, 9.17) is 4.74 Å². The second kappa shape index (κ2) is 12.0. The Kier molecular flexibility index (Phi) is 8.81. The number of nitrogens with one attached hydrogen (secondary N) is 2. The molecule has 0 bridgehead atoms. The third-order valence-corrected chi connectivity index (χ3v) is 5.93. The Morgan fingerprint density at radius 3 is 2.50 bits per heavy atom. The number of thioether (sulfide) groups is 1. The Bertz CT molecular complexity index is 1170. The second-order valence-electron chi connectivity index (χ2n) is 7.60. The summed E-state index contributed by atoms with van der Waals surface area (Å²) in [6.07, 6.45) is 5.48. The maximum atomic E-state index is 13.3. The Morgan fingerprint density at radius 2 is 1.82 bits per heavy atom. The van der Waals surface area contributed by atoms with Crippen LogP contribution in [0, 0.1) is 6.92 Å². The van der Waals surface area contributed by atoms with Gasteiger partial charge in [0.2, 0.25) is 0 Å². The fourth-order valence-corrected chi connectivity index (χ4v) is 3.95. The van der Waals surface area contributed by atoms with Gasteiger partial charge in [0.05, 0.1) is 12.7 Å². The van der Waals surface area contributed by atoms with Crippen LogP contribution >= 0.6 is 11.8 Å². The molecule has 0 aliphatic rings. The first-order valence-electron chi connectivity index (χ1n) is 10.7. The predicted molar refractivity (Wildman–Crippen MR) is 135 cm³/mol. The van der Waals surface area contributed by atoms with E-state index < -0.39 is 12.0 Å². The van der Waals surface area contributed by atoms with Crippen molar-refractivity contribution in [3.8, 4) is 11.1 Å². The van der Waals surface area contributed by atoms with Gasteiger partial charge in [0.1, 0.15) is 6.04 Å². The maximum Gasteiger partial charge on any atom is 0.328 e. The number of nitrogens with zero attached hydrogens (tertiary/aromatic N) is 1. The van der Waals surface area contributed by atoms with Crippen LogP contribution in [-0.4, -0.2) is 47.9 Å². The van der Waals surface area contributed by atoms with Gasteiger partial charge in [-0.05, 0) is 72.4 Å². The average Bonchev–Trinajstić information content (AvgIpc) is 2.86. The molecular formula is C26H27N3O4S.